The normalized spacial score (nSPS) is 18.5. The predicted molar refractivity (Wildman–Crippen MR) is 123 cm³/mol. The molecule has 4 rings (SSSR count). The summed E-state index contributed by atoms with van der Waals surface area (Å²) in [4.78, 5) is 29.8. The van der Waals surface area contributed by atoms with Gasteiger partial charge in [-0.3, -0.25) is 14.5 Å². The van der Waals surface area contributed by atoms with Gasteiger partial charge in [0, 0.05) is 38.3 Å². The molecule has 2 amide bonds. The minimum absolute atomic E-state index is 0.0938. The molecule has 0 aromatic heterocycles. The van der Waals surface area contributed by atoms with Crippen LogP contribution in [0.15, 0.2) is 48.5 Å². The summed E-state index contributed by atoms with van der Waals surface area (Å²) in [7, 11) is 0. The van der Waals surface area contributed by atoms with Gasteiger partial charge in [-0.1, -0.05) is 25.0 Å². The summed E-state index contributed by atoms with van der Waals surface area (Å²) in [5.74, 6) is -0.535. The molecule has 2 aliphatic rings. The molecule has 2 aromatic carbocycles. The van der Waals surface area contributed by atoms with Crippen molar-refractivity contribution < 1.29 is 27.2 Å². The number of carbonyl (C=O) groups excluding carboxylic acids is 2. The highest BCUT2D eigenvalue weighted by Crippen LogP contribution is 2.32. The van der Waals surface area contributed by atoms with Gasteiger partial charge in [0.15, 0.2) is 0 Å². The van der Waals surface area contributed by atoms with Gasteiger partial charge in [-0.2, -0.15) is 13.2 Å². The Kier molecular flexibility index (Phi) is 7.74. The molecule has 0 bridgehead atoms. The predicted octanol–water partition coefficient (Wildman–Crippen LogP) is 4.48. The minimum Gasteiger partial charge on any atom is -0.351 e. The first-order valence-electron chi connectivity index (χ1n) is 11.9. The monoisotopic (exact) mass is 491 g/mol. The molecule has 1 aliphatic carbocycles. The standard InChI is InChI=1S/C26H29F4N3O2/c27-22-7-3-4-18(16-22)17-31-24(34)23(19-5-1-2-6-19)32-12-14-33(15-13-32)25(35)20-8-10-21(11-9-20)26(28,29)30/h3-4,7-11,16,19,23H,1-2,5-6,12-15,17H2,(H,31,34). The quantitative estimate of drug-likeness (QED) is 0.607. The van der Waals surface area contributed by atoms with Crippen LogP contribution in [0.4, 0.5) is 17.6 Å². The van der Waals surface area contributed by atoms with Crippen molar-refractivity contribution in [3.8, 4) is 0 Å². The number of benzene rings is 2. The Labute approximate surface area is 202 Å². The zero-order valence-electron chi connectivity index (χ0n) is 19.4. The van der Waals surface area contributed by atoms with Gasteiger partial charge in [-0.05, 0) is 60.7 Å². The maximum Gasteiger partial charge on any atom is 0.416 e. The van der Waals surface area contributed by atoms with Gasteiger partial charge in [0.1, 0.15) is 5.82 Å². The second-order valence-corrected chi connectivity index (χ2v) is 9.24. The highest BCUT2D eigenvalue weighted by molar-refractivity contribution is 5.94. The molecule has 1 saturated heterocycles. The molecule has 0 radical (unpaired) electrons. The van der Waals surface area contributed by atoms with Crippen LogP contribution in [0.2, 0.25) is 0 Å². The lowest BCUT2D eigenvalue weighted by molar-refractivity contribution is -0.137. The fourth-order valence-corrected chi connectivity index (χ4v) is 5.08. The number of rotatable bonds is 6. The Hall–Kier alpha value is -2.94. The Morgan fingerprint density at radius 1 is 0.971 bits per heavy atom. The molecular weight excluding hydrogens is 462 g/mol. The highest BCUT2D eigenvalue weighted by Gasteiger charge is 2.37. The first-order chi connectivity index (χ1) is 16.7. The maximum atomic E-state index is 13.5. The van der Waals surface area contributed by atoms with E-state index >= 15 is 0 Å². The van der Waals surface area contributed by atoms with Crippen LogP contribution in [-0.2, 0) is 17.5 Å². The molecule has 35 heavy (non-hydrogen) atoms. The van der Waals surface area contributed by atoms with Crippen LogP contribution in [0.3, 0.4) is 0 Å². The number of amides is 2. The van der Waals surface area contributed by atoms with Crippen LogP contribution < -0.4 is 5.32 Å². The number of hydrogen-bond acceptors (Lipinski definition) is 3. The van der Waals surface area contributed by atoms with Crippen LogP contribution in [0, 0.1) is 11.7 Å². The van der Waals surface area contributed by atoms with E-state index in [1.165, 1.54) is 24.3 Å². The van der Waals surface area contributed by atoms with Gasteiger partial charge in [0.25, 0.3) is 5.91 Å². The summed E-state index contributed by atoms with van der Waals surface area (Å²) in [5, 5.41) is 2.96. The third-order valence-corrected chi connectivity index (χ3v) is 6.92. The lowest BCUT2D eigenvalue weighted by Crippen LogP contribution is -2.57. The highest BCUT2D eigenvalue weighted by atomic mass is 19.4. The molecule has 1 N–H and O–H groups in total. The molecule has 1 saturated carbocycles. The second-order valence-electron chi connectivity index (χ2n) is 9.24. The zero-order chi connectivity index (χ0) is 25.0. The molecule has 2 fully saturated rings. The Morgan fingerprint density at radius 2 is 1.63 bits per heavy atom. The van der Waals surface area contributed by atoms with Crippen molar-refractivity contribution in [1.82, 2.24) is 15.1 Å². The van der Waals surface area contributed by atoms with E-state index < -0.39 is 11.7 Å². The van der Waals surface area contributed by atoms with Crippen molar-refractivity contribution in [2.24, 2.45) is 5.92 Å². The summed E-state index contributed by atoms with van der Waals surface area (Å²) < 4.78 is 51.9. The van der Waals surface area contributed by atoms with Gasteiger partial charge in [0.05, 0.1) is 11.6 Å². The zero-order valence-corrected chi connectivity index (χ0v) is 19.4. The van der Waals surface area contributed by atoms with Crippen molar-refractivity contribution in [1.29, 1.82) is 0 Å². The largest absolute Gasteiger partial charge is 0.416 e. The van der Waals surface area contributed by atoms with Gasteiger partial charge in [-0.15, -0.1) is 0 Å². The fourth-order valence-electron chi connectivity index (χ4n) is 5.08. The molecule has 9 heteroatoms. The number of hydrogen-bond donors (Lipinski definition) is 1. The molecule has 1 atom stereocenters. The van der Waals surface area contributed by atoms with Crippen molar-refractivity contribution in [2.75, 3.05) is 26.2 Å². The Balaban J connectivity index is 1.38. The van der Waals surface area contributed by atoms with Gasteiger partial charge < -0.3 is 10.2 Å². The molecular formula is C26H29F4N3O2. The summed E-state index contributed by atoms with van der Waals surface area (Å²) >= 11 is 0. The van der Waals surface area contributed by atoms with Crippen molar-refractivity contribution in [3.05, 3.63) is 71.0 Å². The smallest absolute Gasteiger partial charge is 0.351 e. The average Bonchev–Trinajstić information content (AvgIpc) is 3.37. The van der Waals surface area contributed by atoms with Gasteiger partial charge in [-0.25, -0.2) is 4.39 Å². The van der Waals surface area contributed by atoms with E-state index in [4.69, 9.17) is 0 Å². The third kappa shape index (κ3) is 6.20. The van der Waals surface area contributed by atoms with Crippen LogP contribution in [-0.4, -0.2) is 53.8 Å². The van der Waals surface area contributed by atoms with E-state index in [-0.39, 0.29) is 41.7 Å². The molecule has 1 unspecified atom stereocenters. The lowest BCUT2D eigenvalue weighted by atomic mass is 9.94. The SMILES string of the molecule is O=C(NCc1cccc(F)c1)C(C1CCCC1)N1CCN(C(=O)c2ccc(C(F)(F)F)cc2)CC1. The van der Waals surface area contributed by atoms with Crippen LogP contribution in [0.25, 0.3) is 0 Å². The molecule has 1 heterocycles. The van der Waals surface area contributed by atoms with E-state index in [2.05, 4.69) is 10.2 Å². The average molecular weight is 492 g/mol. The number of alkyl halides is 3. The second kappa shape index (κ2) is 10.8. The summed E-state index contributed by atoms with van der Waals surface area (Å²) in [5.41, 5.74) is 0.115. The number of nitrogens with one attached hydrogen (secondary N) is 1. The molecule has 5 nitrogen and oxygen atoms in total. The van der Waals surface area contributed by atoms with E-state index in [1.807, 2.05) is 0 Å². The first-order valence-corrected chi connectivity index (χ1v) is 11.9. The minimum atomic E-state index is -4.45. The number of halogens is 4. The first kappa shape index (κ1) is 25.2. The topological polar surface area (TPSA) is 52.7 Å². The van der Waals surface area contributed by atoms with E-state index in [1.54, 1.807) is 17.0 Å². The summed E-state index contributed by atoms with van der Waals surface area (Å²) in [6.45, 7) is 2.02. The van der Waals surface area contributed by atoms with E-state index in [0.717, 1.165) is 37.8 Å². The van der Waals surface area contributed by atoms with E-state index in [9.17, 15) is 27.2 Å². The fraction of sp³-hybridized carbons (Fsp3) is 0.462. The molecule has 188 valence electrons. The van der Waals surface area contributed by atoms with Gasteiger partial charge >= 0.3 is 6.18 Å². The third-order valence-electron chi connectivity index (χ3n) is 6.92. The van der Waals surface area contributed by atoms with E-state index in [0.29, 0.717) is 31.7 Å². The van der Waals surface area contributed by atoms with Crippen molar-refractivity contribution >= 4 is 11.8 Å². The Bertz CT molecular complexity index is 1030. The molecule has 2 aromatic rings. The number of nitrogens with zero attached hydrogens (tertiary/aromatic N) is 2. The number of piperazine rings is 1. The van der Waals surface area contributed by atoms with Crippen LogP contribution in [0.5, 0.6) is 0 Å². The summed E-state index contributed by atoms with van der Waals surface area (Å²) in [6.07, 6.45) is -0.376. The van der Waals surface area contributed by atoms with Crippen LogP contribution in [0.1, 0.15) is 47.2 Å². The summed E-state index contributed by atoms with van der Waals surface area (Å²) in [6, 6.07) is 10.1. The van der Waals surface area contributed by atoms with Crippen LogP contribution >= 0.6 is 0 Å². The lowest BCUT2D eigenvalue weighted by Gasteiger charge is -2.40. The molecule has 1 aliphatic heterocycles. The van der Waals surface area contributed by atoms with Crippen molar-refractivity contribution in [2.45, 2.75) is 44.4 Å². The van der Waals surface area contributed by atoms with Crippen molar-refractivity contribution in [3.63, 3.8) is 0 Å². The Morgan fingerprint density at radius 3 is 2.23 bits per heavy atom. The molecule has 0 spiro atoms. The maximum absolute atomic E-state index is 13.5. The van der Waals surface area contributed by atoms with Gasteiger partial charge in [0.2, 0.25) is 5.91 Å². The number of carbonyl (C=O) groups is 2.